The summed E-state index contributed by atoms with van der Waals surface area (Å²) in [7, 11) is 1.62. The van der Waals surface area contributed by atoms with Crippen molar-refractivity contribution in [2.24, 2.45) is 5.41 Å². The average Bonchev–Trinajstić information content (AvgIpc) is 2.95. The average molecular weight is 260 g/mol. The predicted octanol–water partition coefficient (Wildman–Crippen LogP) is 2.67. The highest BCUT2D eigenvalue weighted by Crippen LogP contribution is 2.34. The van der Waals surface area contributed by atoms with Gasteiger partial charge in [-0.3, -0.25) is 0 Å². The van der Waals surface area contributed by atoms with E-state index < -0.39 is 0 Å². The molecule has 100 valence electrons. The fourth-order valence-electron chi connectivity index (χ4n) is 1.88. The molecule has 0 amide bonds. The second-order valence-corrected chi connectivity index (χ2v) is 5.35. The molecule has 1 atom stereocenters. The molecule has 0 saturated carbocycles. The number of nitrogens with one attached hydrogen (secondary N) is 1. The van der Waals surface area contributed by atoms with E-state index in [-0.39, 0.29) is 11.5 Å². The number of hydrogen-bond acceptors (Lipinski definition) is 5. The molecule has 0 aliphatic carbocycles. The van der Waals surface area contributed by atoms with Crippen molar-refractivity contribution in [3.63, 3.8) is 0 Å². The number of rotatable bonds is 3. The molecule has 0 aliphatic rings. The molecule has 0 saturated heterocycles. The van der Waals surface area contributed by atoms with Gasteiger partial charge in [-0.1, -0.05) is 25.9 Å². The molecule has 0 aromatic carbocycles. The molecule has 19 heavy (non-hydrogen) atoms. The van der Waals surface area contributed by atoms with Crippen molar-refractivity contribution in [3.8, 4) is 17.7 Å². The number of H-pyrrole nitrogens is 1. The van der Waals surface area contributed by atoms with E-state index in [1.54, 1.807) is 19.4 Å². The number of nitrogens with zero attached hydrogens (tertiary/aromatic N) is 3. The number of nitriles is 1. The summed E-state index contributed by atoms with van der Waals surface area (Å²) >= 11 is 0. The van der Waals surface area contributed by atoms with E-state index >= 15 is 0 Å². The van der Waals surface area contributed by atoms with Gasteiger partial charge in [0.05, 0.1) is 5.56 Å². The molecule has 1 N–H and O–H groups in total. The first-order valence-electron chi connectivity index (χ1n) is 5.91. The number of ether oxygens (including phenoxy) is 1. The van der Waals surface area contributed by atoms with Crippen molar-refractivity contribution in [1.29, 1.82) is 5.26 Å². The van der Waals surface area contributed by atoms with Crippen molar-refractivity contribution >= 4 is 0 Å². The molecule has 2 rings (SSSR count). The van der Waals surface area contributed by atoms with Crippen LogP contribution in [0.15, 0.2) is 16.8 Å². The Morgan fingerprint density at radius 2 is 2.21 bits per heavy atom. The quantitative estimate of drug-likeness (QED) is 0.916. The molecule has 0 aliphatic heterocycles. The van der Waals surface area contributed by atoms with Gasteiger partial charge in [0.2, 0.25) is 5.82 Å². The fourth-order valence-corrected chi connectivity index (χ4v) is 1.88. The highest BCUT2D eigenvalue weighted by atomic mass is 16.5. The number of methoxy groups -OCH3 is 1. The highest BCUT2D eigenvalue weighted by molar-refractivity contribution is 5.51. The largest absolute Gasteiger partial charge is 0.373 e. The Balaban J connectivity index is 2.31. The first-order valence-corrected chi connectivity index (χ1v) is 5.91. The Labute approximate surface area is 111 Å². The maximum absolute atomic E-state index is 8.78. The lowest BCUT2D eigenvalue weighted by molar-refractivity contribution is 0.00718. The van der Waals surface area contributed by atoms with Crippen molar-refractivity contribution in [2.75, 3.05) is 7.11 Å². The summed E-state index contributed by atoms with van der Waals surface area (Å²) in [6.07, 6.45) is 1.34. The zero-order valence-electron chi connectivity index (χ0n) is 11.4. The van der Waals surface area contributed by atoms with Crippen molar-refractivity contribution in [2.45, 2.75) is 26.9 Å². The normalized spacial score (nSPS) is 13.2. The van der Waals surface area contributed by atoms with Gasteiger partial charge in [0.1, 0.15) is 17.9 Å². The third kappa shape index (κ3) is 2.66. The minimum atomic E-state index is -0.254. The Kier molecular flexibility index (Phi) is 3.40. The van der Waals surface area contributed by atoms with Gasteiger partial charge in [0.25, 0.3) is 5.89 Å². The fraction of sp³-hybridized carbons (Fsp3) is 0.462. The smallest absolute Gasteiger partial charge is 0.274 e. The van der Waals surface area contributed by atoms with E-state index in [0.29, 0.717) is 23.0 Å². The zero-order chi connectivity index (χ0) is 14.0. The van der Waals surface area contributed by atoms with Crippen LogP contribution >= 0.6 is 0 Å². The third-order valence-corrected chi connectivity index (χ3v) is 2.74. The molecular formula is C13H16N4O2. The monoisotopic (exact) mass is 260 g/mol. The van der Waals surface area contributed by atoms with Crippen LogP contribution in [0.25, 0.3) is 11.6 Å². The summed E-state index contributed by atoms with van der Waals surface area (Å²) in [4.78, 5) is 7.24. The summed E-state index contributed by atoms with van der Waals surface area (Å²) in [6.45, 7) is 6.12. The first kappa shape index (κ1) is 13.3. The third-order valence-electron chi connectivity index (χ3n) is 2.74. The molecular weight excluding hydrogens is 244 g/mol. The van der Waals surface area contributed by atoms with E-state index in [1.807, 2.05) is 26.8 Å². The molecule has 2 aromatic rings. The van der Waals surface area contributed by atoms with Gasteiger partial charge < -0.3 is 14.2 Å². The molecule has 6 heteroatoms. The second-order valence-electron chi connectivity index (χ2n) is 5.35. The van der Waals surface area contributed by atoms with Gasteiger partial charge in [-0.2, -0.15) is 10.2 Å². The lowest BCUT2D eigenvalue weighted by Gasteiger charge is -2.26. The van der Waals surface area contributed by atoms with Crippen molar-refractivity contribution in [3.05, 3.63) is 23.7 Å². The van der Waals surface area contributed by atoms with Gasteiger partial charge in [-0.05, 0) is 11.5 Å². The Morgan fingerprint density at radius 1 is 1.47 bits per heavy atom. The number of hydrogen-bond donors (Lipinski definition) is 1. The van der Waals surface area contributed by atoms with Gasteiger partial charge in [-0.25, -0.2) is 0 Å². The van der Waals surface area contributed by atoms with Crippen LogP contribution in [0.3, 0.4) is 0 Å². The summed E-state index contributed by atoms with van der Waals surface area (Å²) < 4.78 is 10.6. The highest BCUT2D eigenvalue weighted by Gasteiger charge is 2.30. The minimum Gasteiger partial charge on any atom is -0.373 e. The molecule has 2 heterocycles. The van der Waals surface area contributed by atoms with Gasteiger partial charge in [0.15, 0.2) is 0 Å². The molecule has 0 bridgehead atoms. The van der Waals surface area contributed by atoms with Crippen molar-refractivity contribution < 1.29 is 9.26 Å². The summed E-state index contributed by atoms with van der Waals surface area (Å²) in [5, 5.41) is 12.7. The van der Waals surface area contributed by atoms with Gasteiger partial charge in [0, 0.05) is 13.3 Å². The SMILES string of the molecule is COC(c1noc(-c2cc(C#N)c[nH]2)n1)C(C)(C)C. The Bertz CT molecular complexity index is 601. The molecule has 1 unspecified atom stereocenters. The topological polar surface area (TPSA) is 87.7 Å². The minimum absolute atomic E-state index is 0.135. The van der Waals surface area contributed by atoms with E-state index in [4.69, 9.17) is 14.5 Å². The molecule has 0 fully saturated rings. The summed E-state index contributed by atoms with van der Waals surface area (Å²) in [5.41, 5.74) is 1.01. The van der Waals surface area contributed by atoms with Crippen LogP contribution in [-0.4, -0.2) is 22.2 Å². The molecule has 6 nitrogen and oxygen atoms in total. The van der Waals surface area contributed by atoms with Crippen LogP contribution in [0.5, 0.6) is 0 Å². The zero-order valence-corrected chi connectivity index (χ0v) is 11.4. The maximum Gasteiger partial charge on any atom is 0.274 e. The number of aromatic amines is 1. The van der Waals surface area contributed by atoms with Crippen LogP contribution in [0.4, 0.5) is 0 Å². The lowest BCUT2D eigenvalue weighted by atomic mass is 9.88. The number of aromatic nitrogens is 3. The van der Waals surface area contributed by atoms with Crippen LogP contribution in [0, 0.1) is 16.7 Å². The Hall–Kier alpha value is -2.13. The molecule has 0 spiro atoms. The molecule has 2 aromatic heterocycles. The predicted molar refractivity (Wildman–Crippen MR) is 68.0 cm³/mol. The van der Waals surface area contributed by atoms with E-state index in [2.05, 4.69) is 15.1 Å². The van der Waals surface area contributed by atoms with E-state index in [0.717, 1.165) is 0 Å². The van der Waals surface area contributed by atoms with Crippen LogP contribution in [0.1, 0.15) is 38.3 Å². The summed E-state index contributed by atoms with van der Waals surface area (Å²) in [6, 6.07) is 3.70. The second kappa shape index (κ2) is 4.86. The standard InChI is InChI=1S/C13H16N4O2/c1-13(2,3)10(18-4)11-16-12(19-17-11)9-5-8(6-14)7-15-9/h5,7,10,15H,1-4H3. The first-order chi connectivity index (χ1) is 8.95. The van der Waals surface area contributed by atoms with E-state index in [9.17, 15) is 0 Å². The molecule has 0 radical (unpaired) electrons. The van der Waals surface area contributed by atoms with Crippen LogP contribution in [-0.2, 0) is 4.74 Å². The maximum atomic E-state index is 8.78. The Morgan fingerprint density at radius 3 is 2.74 bits per heavy atom. The van der Waals surface area contributed by atoms with Crippen molar-refractivity contribution in [1.82, 2.24) is 15.1 Å². The van der Waals surface area contributed by atoms with Gasteiger partial charge in [-0.15, -0.1) is 0 Å². The van der Waals surface area contributed by atoms with Crippen LogP contribution in [0.2, 0.25) is 0 Å². The van der Waals surface area contributed by atoms with E-state index in [1.165, 1.54) is 0 Å². The van der Waals surface area contributed by atoms with Gasteiger partial charge >= 0.3 is 0 Å². The van der Waals surface area contributed by atoms with Crippen LogP contribution < -0.4 is 0 Å². The summed E-state index contributed by atoms with van der Waals surface area (Å²) in [5.74, 6) is 0.848. The lowest BCUT2D eigenvalue weighted by Crippen LogP contribution is -2.21.